The molecule has 1 aliphatic rings. The highest BCUT2D eigenvalue weighted by Gasteiger charge is 2.36. The zero-order valence-corrected chi connectivity index (χ0v) is 20.7. The summed E-state index contributed by atoms with van der Waals surface area (Å²) in [5.74, 6) is -1.55. The number of carboxylic acid groups (broad SMARTS) is 2. The van der Waals surface area contributed by atoms with Crippen molar-refractivity contribution in [2.24, 2.45) is 0 Å². The molecule has 1 aliphatic carbocycles. The van der Waals surface area contributed by atoms with Gasteiger partial charge in [-0.3, -0.25) is 4.79 Å². The summed E-state index contributed by atoms with van der Waals surface area (Å²) in [5.41, 5.74) is 5.74. The van der Waals surface area contributed by atoms with E-state index >= 15 is 0 Å². The molecule has 0 unspecified atom stereocenters. The van der Waals surface area contributed by atoms with Gasteiger partial charge in [0.05, 0.1) is 12.0 Å². The molecule has 0 radical (unpaired) electrons. The molecule has 0 spiro atoms. The number of carboxylic acids is 2. The highest BCUT2D eigenvalue weighted by atomic mass is 16.5. The van der Waals surface area contributed by atoms with E-state index in [4.69, 9.17) is 4.74 Å². The van der Waals surface area contributed by atoms with E-state index in [1.165, 1.54) is 17.2 Å². The Labute approximate surface area is 206 Å². The van der Waals surface area contributed by atoms with Crippen molar-refractivity contribution in [1.29, 1.82) is 0 Å². The fourth-order valence-corrected chi connectivity index (χ4v) is 5.03. The first-order chi connectivity index (χ1) is 16.5. The molecule has 0 aromatic heterocycles. The van der Waals surface area contributed by atoms with Gasteiger partial charge in [-0.15, -0.1) is 0 Å². The second kappa shape index (κ2) is 9.21. The maximum atomic E-state index is 12.0. The molecule has 0 aliphatic heterocycles. The zero-order chi connectivity index (χ0) is 25.4. The van der Waals surface area contributed by atoms with Gasteiger partial charge in [0, 0.05) is 5.56 Å². The van der Waals surface area contributed by atoms with E-state index in [1.807, 2.05) is 0 Å². The first-order valence-electron chi connectivity index (χ1n) is 11.9. The minimum absolute atomic E-state index is 0.0832. The maximum Gasteiger partial charge on any atom is 0.336 e. The number of rotatable bonds is 7. The second-order valence-electron chi connectivity index (χ2n) is 10.7. The smallest absolute Gasteiger partial charge is 0.336 e. The zero-order valence-electron chi connectivity index (χ0n) is 20.7. The number of aliphatic carboxylic acids is 1. The summed E-state index contributed by atoms with van der Waals surface area (Å²) in [5, 5.41) is 19.0. The fraction of sp³-hybridized carbons (Fsp3) is 0.333. The summed E-state index contributed by atoms with van der Waals surface area (Å²) in [6.45, 7) is 9.45. The molecule has 3 aromatic rings. The summed E-state index contributed by atoms with van der Waals surface area (Å²) >= 11 is 0. The molecule has 35 heavy (non-hydrogen) atoms. The Hall–Kier alpha value is -3.60. The van der Waals surface area contributed by atoms with E-state index in [-0.39, 0.29) is 22.8 Å². The molecule has 3 aromatic carbocycles. The van der Waals surface area contributed by atoms with E-state index in [0.29, 0.717) is 29.0 Å². The van der Waals surface area contributed by atoms with Gasteiger partial charge in [0.1, 0.15) is 12.4 Å². The van der Waals surface area contributed by atoms with Gasteiger partial charge in [0.15, 0.2) is 0 Å². The minimum Gasteiger partial charge on any atom is -0.488 e. The number of benzene rings is 3. The Balaban J connectivity index is 1.69. The number of carbonyl (C=O) groups is 2. The van der Waals surface area contributed by atoms with E-state index in [2.05, 4.69) is 45.9 Å². The third kappa shape index (κ3) is 5.09. The molecule has 0 saturated heterocycles. The quantitative estimate of drug-likeness (QED) is 0.404. The Morgan fingerprint density at radius 3 is 2.20 bits per heavy atom. The molecule has 0 amide bonds. The predicted octanol–water partition coefficient (Wildman–Crippen LogP) is 6.61. The Kier molecular flexibility index (Phi) is 6.46. The molecule has 0 atom stereocenters. The fourth-order valence-electron chi connectivity index (χ4n) is 5.03. The van der Waals surface area contributed by atoms with Gasteiger partial charge in [0.25, 0.3) is 0 Å². The van der Waals surface area contributed by atoms with Gasteiger partial charge in [0.2, 0.25) is 0 Å². The van der Waals surface area contributed by atoms with Crippen molar-refractivity contribution in [1.82, 2.24) is 0 Å². The van der Waals surface area contributed by atoms with Crippen LogP contribution in [0.4, 0.5) is 0 Å². The number of aromatic carboxylic acids is 1. The van der Waals surface area contributed by atoms with Crippen molar-refractivity contribution >= 4 is 11.9 Å². The molecule has 2 N–H and O–H groups in total. The van der Waals surface area contributed by atoms with Gasteiger partial charge in [-0.2, -0.15) is 0 Å². The van der Waals surface area contributed by atoms with Crippen LogP contribution in [0.25, 0.3) is 11.1 Å². The van der Waals surface area contributed by atoms with Crippen LogP contribution in [0, 0.1) is 0 Å². The lowest BCUT2D eigenvalue weighted by Gasteiger charge is -2.42. The third-order valence-corrected chi connectivity index (χ3v) is 7.14. The van der Waals surface area contributed by atoms with Crippen molar-refractivity contribution in [3.8, 4) is 16.9 Å². The summed E-state index contributed by atoms with van der Waals surface area (Å²) in [6, 6.07) is 18.5. The number of hydrogen-bond acceptors (Lipinski definition) is 3. The highest BCUT2D eigenvalue weighted by molar-refractivity contribution is 5.98. The number of ether oxygens (including phenoxy) is 1. The van der Waals surface area contributed by atoms with Gasteiger partial charge in [-0.25, -0.2) is 4.79 Å². The Bertz CT molecular complexity index is 1290. The van der Waals surface area contributed by atoms with Crippen molar-refractivity contribution in [2.45, 2.75) is 64.4 Å². The highest BCUT2D eigenvalue weighted by Crippen LogP contribution is 2.46. The van der Waals surface area contributed by atoms with Crippen molar-refractivity contribution < 1.29 is 24.5 Å². The van der Waals surface area contributed by atoms with Crippen LogP contribution in [-0.2, 0) is 28.7 Å². The maximum absolute atomic E-state index is 12.0. The van der Waals surface area contributed by atoms with Crippen LogP contribution in [0.15, 0.2) is 60.7 Å². The first kappa shape index (κ1) is 24.5. The lowest BCUT2D eigenvalue weighted by molar-refractivity contribution is -0.136. The van der Waals surface area contributed by atoms with E-state index in [0.717, 1.165) is 18.4 Å². The standard InChI is InChI=1S/C30H32O5/c1-29(2)13-14-30(3,4)24-16-20(11-12-23(24)29)18-35-25-10-6-9-22(28(33)34)27(25)21-8-5-7-19(15-21)17-26(31)32/h5-12,15-16H,13-14,17-18H2,1-4H3,(H,31,32)(H,33,34). The number of hydrogen-bond donors (Lipinski definition) is 2. The van der Waals surface area contributed by atoms with Crippen LogP contribution >= 0.6 is 0 Å². The normalized spacial score (nSPS) is 15.8. The molecule has 0 heterocycles. The van der Waals surface area contributed by atoms with Crippen LogP contribution in [0.2, 0.25) is 0 Å². The lowest BCUT2D eigenvalue weighted by Crippen LogP contribution is -2.33. The lowest BCUT2D eigenvalue weighted by atomic mass is 9.63. The van der Waals surface area contributed by atoms with E-state index in [1.54, 1.807) is 36.4 Å². The minimum atomic E-state index is -1.06. The van der Waals surface area contributed by atoms with Crippen molar-refractivity contribution in [3.63, 3.8) is 0 Å². The van der Waals surface area contributed by atoms with Gasteiger partial charge < -0.3 is 14.9 Å². The van der Waals surface area contributed by atoms with Crippen molar-refractivity contribution in [2.75, 3.05) is 0 Å². The van der Waals surface area contributed by atoms with Crippen LogP contribution in [-0.4, -0.2) is 22.2 Å². The molecular weight excluding hydrogens is 440 g/mol. The SMILES string of the molecule is CC1(C)CCC(C)(C)c2cc(COc3cccc(C(=O)O)c3-c3cccc(CC(=O)O)c3)ccc21. The summed E-state index contributed by atoms with van der Waals surface area (Å²) in [7, 11) is 0. The summed E-state index contributed by atoms with van der Waals surface area (Å²) in [4.78, 5) is 23.2. The second-order valence-corrected chi connectivity index (χ2v) is 10.7. The average Bonchev–Trinajstić information content (AvgIpc) is 2.80. The van der Waals surface area contributed by atoms with Crippen molar-refractivity contribution in [3.05, 3.63) is 88.5 Å². The molecule has 5 heteroatoms. The molecule has 0 fully saturated rings. The van der Waals surface area contributed by atoms with E-state index in [9.17, 15) is 19.8 Å². The molecular formula is C30H32O5. The van der Waals surface area contributed by atoms with E-state index < -0.39 is 11.9 Å². The predicted molar refractivity (Wildman–Crippen MR) is 136 cm³/mol. The van der Waals surface area contributed by atoms with Crippen LogP contribution in [0.1, 0.15) is 73.1 Å². The molecule has 0 saturated carbocycles. The largest absolute Gasteiger partial charge is 0.488 e. The molecule has 0 bridgehead atoms. The molecule has 4 rings (SSSR count). The van der Waals surface area contributed by atoms with Crippen LogP contribution in [0.3, 0.4) is 0 Å². The Morgan fingerprint density at radius 2 is 1.51 bits per heavy atom. The molecule has 5 nitrogen and oxygen atoms in total. The van der Waals surface area contributed by atoms with Gasteiger partial charge in [-0.1, -0.05) is 76.2 Å². The monoisotopic (exact) mass is 472 g/mol. The van der Waals surface area contributed by atoms with Gasteiger partial charge in [-0.05, 0) is 63.6 Å². The topological polar surface area (TPSA) is 83.8 Å². The first-order valence-corrected chi connectivity index (χ1v) is 11.9. The van der Waals surface area contributed by atoms with Gasteiger partial charge >= 0.3 is 11.9 Å². The number of fused-ring (bicyclic) bond motifs is 1. The summed E-state index contributed by atoms with van der Waals surface area (Å²) < 4.78 is 6.22. The third-order valence-electron chi connectivity index (χ3n) is 7.14. The molecule has 182 valence electrons. The Morgan fingerprint density at radius 1 is 0.829 bits per heavy atom. The average molecular weight is 473 g/mol. The van der Waals surface area contributed by atoms with Crippen LogP contribution < -0.4 is 4.74 Å². The summed E-state index contributed by atoms with van der Waals surface area (Å²) in [6.07, 6.45) is 2.13. The van der Waals surface area contributed by atoms with Crippen LogP contribution in [0.5, 0.6) is 5.75 Å².